The molecular weight excluding hydrogens is 693 g/mol. The van der Waals surface area contributed by atoms with Gasteiger partial charge in [0.25, 0.3) is 0 Å². The van der Waals surface area contributed by atoms with Crippen LogP contribution in [0.25, 0.3) is 72.1 Å². The highest BCUT2D eigenvalue weighted by Crippen LogP contribution is 2.63. The van der Waals surface area contributed by atoms with Crippen molar-refractivity contribution in [3.63, 3.8) is 0 Å². The highest BCUT2D eigenvalue weighted by Gasteiger charge is 2.51. The predicted octanol–water partition coefficient (Wildman–Crippen LogP) is 13.6. The summed E-state index contributed by atoms with van der Waals surface area (Å²) >= 11 is 0. The number of para-hydroxylation sites is 2. The van der Waals surface area contributed by atoms with Crippen molar-refractivity contribution < 1.29 is 4.74 Å². The molecule has 3 nitrogen and oxygen atoms in total. The van der Waals surface area contributed by atoms with Crippen LogP contribution in [0.1, 0.15) is 22.3 Å². The second kappa shape index (κ2) is 12.3. The molecule has 0 fully saturated rings. The van der Waals surface area contributed by atoms with Crippen LogP contribution in [0.5, 0.6) is 11.5 Å². The number of hydrogen-bond donors (Lipinski definition) is 0. The second-order valence-corrected chi connectivity index (χ2v) is 15.0. The first-order valence-corrected chi connectivity index (χ1v) is 19.5. The smallest absolute Gasteiger partial charge is 0.140 e. The van der Waals surface area contributed by atoms with Crippen LogP contribution in [-0.4, -0.2) is 9.61 Å². The molecule has 0 atom stereocenters. The molecule has 0 saturated heterocycles. The van der Waals surface area contributed by atoms with Gasteiger partial charge < -0.3 is 4.74 Å². The molecule has 0 radical (unpaired) electrons. The highest BCUT2D eigenvalue weighted by molar-refractivity contribution is 6.13. The van der Waals surface area contributed by atoms with Crippen LogP contribution in [-0.2, 0) is 5.41 Å². The molecule has 57 heavy (non-hydrogen) atoms. The summed E-state index contributed by atoms with van der Waals surface area (Å²) in [6.45, 7) is 0. The van der Waals surface area contributed by atoms with Crippen molar-refractivity contribution in [2.45, 2.75) is 5.41 Å². The molecule has 1 aliphatic heterocycles. The van der Waals surface area contributed by atoms with E-state index in [0.29, 0.717) is 0 Å². The van der Waals surface area contributed by atoms with Gasteiger partial charge in [-0.15, -0.1) is 0 Å². The molecular formula is C54H34N2O. The molecule has 1 aliphatic carbocycles. The van der Waals surface area contributed by atoms with Gasteiger partial charge in [-0.2, -0.15) is 5.10 Å². The molecule has 0 bridgehead atoms. The molecule has 10 aromatic rings. The number of fused-ring (bicyclic) bond motifs is 12. The Bertz CT molecular complexity index is 3150. The number of nitrogens with zero attached hydrogens (tertiary/aromatic N) is 2. The summed E-state index contributed by atoms with van der Waals surface area (Å²) in [5, 5.41) is 7.46. The third-order valence-corrected chi connectivity index (χ3v) is 12.2. The van der Waals surface area contributed by atoms with Crippen LogP contribution >= 0.6 is 0 Å². The predicted molar refractivity (Wildman–Crippen MR) is 232 cm³/mol. The van der Waals surface area contributed by atoms with Gasteiger partial charge in [0, 0.05) is 38.8 Å². The topological polar surface area (TPSA) is 26.5 Å². The van der Waals surface area contributed by atoms with Gasteiger partial charge in [-0.25, -0.2) is 4.52 Å². The number of pyridine rings is 1. The van der Waals surface area contributed by atoms with Crippen LogP contribution in [0.3, 0.4) is 0 Å². The fourth-order valence-electron chi connectivity index (χ4n) is 9.82. The van der Waals surface area contributed by atoms with E-state index in [0.717, 1.165) is 67.2 Å². The van der Waals surface area contributed by atoms with Gasteiger partial charge in [0.2, 0.25) is 0 Å². The number of hydrogen-bond acceptors (Lipinski definition) is 2. The normalized spacial score (nSPS) is 13.2. The summed E-state index contributed by atoms with van der Waals surface area (Å²) in [4.78, 5) is 0. The van der Waals surface area contributed by atoms with Gasteiger partial charge in [0.1, 0.15) is 11.5 Å². The van der Waals surface area contributed by atoms with E-state index in [9.17, 15) is 0 Å². The minimum Gasteiger partial charge on any atom is -0.456 e. The standard InChI is InChI=1S/C54H34N2O/c1-3-16-35(17-4-1)44-34-55-56-51(38-18-5-2-6-19-38)50(42-22-7-8-23-43(42)52(44)56)37-32-30-36(31-33-37)39-24-15-28-48-53(39)57-49-29-14-13-27-47(49)54(48)45-25-11-9-20-40(45)41-21-10-12-26-46(41)54/h1-34H. The average Bonchev–Trinajstić information content (AvgIpc) is 3.86. The zero-order valence-corrected chi connectivity index (χ0v) is 30.9. The van der Waals surface area contributed by atoms with Crippen LogP contribution in [0.15, 0.2) is 206 Å². The van der Waals surface area contributed by atoms with E-state index in [-0.39, 0.29) is 0 Å². The van der Waals surface area contributed by atoms with E-state index >= 15 is 0 Å². The molecule has 0 unspecified atom stereocenters. The summed E-state index contributed by atoms with van der Waals surface area (Å²) in [7, 11) is 0. The van der Waals surface area contributed by atoms with Crippen molar-refractivity contribution in [1.29, 1.82) is 0 Å². The molecule has 12 rings (SSSR count). The SMILES string of the molecule is c1ccc(-c2cnn3c(-c4ccccc4)c(-c4ccc(-c5cccc6c5Oc5ccccc5C65c6ccccc6-c6ccccc65)cc4)c4ccccc4c23)cc1. The molecule has 3 heteroatoms. The van der Waals surface area contributed by atoms with Crippen molar-refractivity contribution in [3.8, 4) is 67.3 Å². The van der Waals surface area contributed by atoms with Gasteiger partial charge in [-0.3, -0.25) is 0 Å². The van der Waals surface area contributed by atoms with Crippen molar-refractivity contribution in [1.82, 2.24) is 9.61 Å². The zero-order chi connectivity index (χ0) is 37.5. The summed E-state index contributed by atoms with van der Waals surface area (Å²) < 4.78 is 9.16. The Hall–Kier alpha value is -7.49. The first-order chi connectivity index (χ1) is 28.3. The Morgan fingerprint density at radius 1 is 0.386 bits per heavy atom. The fourth-order valence-corrected chi connectivity index (χ4v) is 9.82. The Morgan fingerprint density at radius 3 is 1.63 bits per heavy atom. The Morgan fingerprint density at radius 2 is 0.912 bits per heavy atom. The van der Waals surface area contributed by atoms with E-state index in [1.807, 2.05) is 6.20 Å². The number of rotatable bonds is 4. The number of benzene rings is 8. The highest BCUT2D eigenvalue weighted by atomic mass is 16.5. The summed E-state index contributed by atoms with van der Waals surface area (Å²) in [6, 6.07) is 72.0. The van der Waals surface area contributed by atoms with Gasteiger partial charge in [0.05, 0.1) is 22.8 Å². The minimum atomic E-state index is -0.505. The second-order valence-electron chi connectivity index (χ2n) is 15.0. The molecule has 1 spiro atoms. The van der Waals surface area contributed by atoms with Crippen molar-refractivity contribution in [2.24, 2.45) is 0 Å². The maximum absolute atomic E-state index is 7.00. The lowest BCUT2D eigenvalue weighted by Crippen LogP contribution is -2.32. The van der Waals surface area contributed by atoms with Gasteiger partial charge in [0.15, 0.2) is 0 Å². The molecule has 8 aromatic carbocycles. The summed E-state index contributed by atoms with van der Waals surface area (Å²) in [5.41, 5.74) is 17.0. The molecule has 0 amide bonds. The molecule has 3 heterocycles. The molecule has 0 N–H and O–H groups in total. The van der Waals surface area contributed by atoms with Crippen LogP contribution in [0.4, 0.5) is 0 Å². The lowest BCUT2D eigenvalue weighted by atomic mass is 9.65. The van der Waals surface area contributed by atoms with Crippen LogP contribution in [0, 0.1) is 0 Å². The quantitative estimate of drug-likeness (QED) is 0.181. The van der Waals surface area contributed by atoms with Gasteiger partial charge in [-0.05, 0) is 50.4 Å². The largest absolute Gasteiger partial charge is 0.456 e. The Balaban J connectivity index is 1.07. The van der Waals surface area contributed by atoms with Crippen molar-refractivity contribution in [3.05, 3.63) is 229 Å². The summed E-state index contributed by atoms with van der Waals surface area (Å²) in [5.74, 6) is 1.79. The van der Waals surface area contributed by atoms with Gasteiger partial charge >= 0.3 is 0 Å². The van der Waals surface area contributed by atoms with Gasteiger partial charge in [-0.1, -0.05) is 194 Å². The number of aromatic nitrogens is 2. The van der Waals surface area contributed by atoms with Crippen LogP contribution < -0.4 is 4.74 Å². The molecule has 2 aliphatic rings. The van der Waals surface area contributed by atoms with Crippen molar-refractivity contribution in [2.75, 3.05) is 0 Å². The zero-order valence-electron chi connectivity index (χ0n) is 30.9. The first kappa shape index (κ1) is 31.8. The van der Waals surface area contributed by atoms with E-state index in [1.165, 1.54) is 38.6 Å². The van der Waals surface area contributed by atoms with E-state index < -0.39 is 5.41 Å². The number of ether oxygens (including phenoxy) is 1. The maximum Gasteiger partial charge on any atom is 0.140 e. The Kier molecular flexibility index (Phi) is 6.84. The molecule has 2 aromatic heterocycles. The van der Waals surface area contributed by atoms with E-state index in [1.54, 1.807) is 0 Å². The molecule has 266 valence electrons. The fraction of sp³-hybridized carbons (Fsp3) is 0.0185. The maximum atomic E-state index is 7.00. The van der Waals surface area contributed by atoms with Crippen LogP contribution in [0.2, 0.25) is 0 Å². The monoisotopic (exact) mass is 726 g/mol. The van der Waals surface area contributed by atoms with Crippen molar-refractivity contribution >= 4 is 16.3 Å². The minimum absolute atomic E-state index is 0.505. The third-order valence-electron chi connectivity index (χ3n) is 12.2. The Labute approximate surface area is 330 Å². The lowest BCUT2D eigenvalue weighted by molar-refractivity contribution is 0.438. The van der Waals surface area contributed by atoms with E-state index in [4.69, 9.17) is 9.84 Å². The van der Waals surface area contributed by atoms with E-state index in [2.05, 4.69) is 205 Å². The first-order valence-electron chi connectivity index (χ1n) is 19.5. The average molecular weight is 727 g/mol. The lowest BCUT2D eigenvalue weighted by Gasteiger charge is -2.40. The third kappa shape index (κ3) is 4.45. The summed E-state index contributed by atoms with van der Waals surface area (Å²) in [6.07, 6.45) is 2.01. The molecule has 0 saturated carbocycles.